The number of carbonyl (C=O) groups is 2. The fourth-order valence-electron chi connectivity index (χ4n) is 3.89. The zero-order valence-corrected chi connectivity index (χ0v) is 16.9. The van der Waals surface area contributed by atoms with E-state index in [0.29, 0.717) is 17.8 Å². The average Bonchev–Trinajstić information content (AvgIpc) is 2.80. The molecule has 1 saturated heterocycles. The van der Waals surface area contributed by atoms with Gasteiger partial charge in [-0.3, -0.25) is 4.90 Å². The number of hydrogen-bond acceptors (Lipinski definition) is 6. The van der Waals surface area contributed by atoms with Crippen molar-refractivity contribution < 1.29 is 14.3 Å². The lowest BCUT2D eigenvalue weighted by molar-refractivity contribution is -0.136. The molecule has 1 fully saturated rings. The van der Waals surface area contributed by atoms with Crippen molar-refractivity contribution in [2.75, 3.05) is 44.7 Å². The number of pyridine rings is 1. The predicted octanol–water partition coefficient (Wildman–Crippen LogP) is 1.68. The Balaban J connectivity index is 1.54. The Morgan fingerprint density at radius 1 is 1.10 bits per heavy atom. The number of ether oxygens (including phenoxy) is 1. The number of benzene rings is 1. The third-order valence-electron chi connectivity index (χ3n) is 5.42. The number of nitrogens with zero attached hydrogens (tertiary/aromatic N) is 3. The second kappa shape index (κ2) is 8.96. The first-order valence-corrected chi connectivity index (χ1v) is 9.98. The molecule has 1 aromatic heterocycles. The summed E-state index contributed by atoms with van der Waals surface area (Å²) in [5.74, 6) is 0.518. The number of nitrogens with one attached hydrogen (secondary N) is 2. The third-order valence-corrected chi connectivity index (χ3v) is 5.42. The SMILES string of the molecule is COC(=O)C1=C(CN2CCN(c3ccccn3)CC2)NC(=O)N[C@H]1c1ccccc1. The predicted molar refractivity (Wildman–Crippen MR) is 113 cm³/mol. The van der Waals surface area contributed by atoms with Gasteiger partial charge in [-0.25, -0.2) is 14.6 Å². The Bertz CT molecular complexity index is 924. The van der Waals surface area contributed by atoms with Gasteiger partial charge >= 0.3 is 12.0 Å². The largest absolute Gasteiger partial charge is 0.466 e. The highest BCUT2D eigenvalue weighted by Crippen LogP contribution is 2.28. The molecule has 2 aromatic rings. The molecule has 0 saturated carbocycles. The van der Waals surface area contributed by atoms with Gasteiger partial charge in [0, 0.05) is 44.6 Å². The number of urea groups is 1. The number of piperazine rings is 1. The van der Waals surface area contributed by atoms with Crippen molar-refractivity contribution in [1.82, 2.24) is 20.5 Å². The third kappa shape index (κ3) is 4.28. The van der Waals surface area contributed by atoms with E-state index in [1.165, 1.54) is 7.11 Å². The van der Waals surface area contributed by atoms with Crippen LogP contribution in [0.5, 0.6) is 0 Å². The number of rotatable bonds is 5. The van der Waals surface area contributed by atoms with Gasteiger partial charge in [-0.1, -0.05) is 36.4 Å². The molecule has 0 spiro atoms. The number of anilines is 1. The van der Waals surface area contributed by atoms with Crippen molar-refractivity contribution in [3.05, 3.63) is 71.6 Å². The maximum atomic E-state index is 12.6. The molecule has 2 amide bonds. The molecule has 2 aliphatic heterocycles. The first-order chi connectivity index (χ1) is 14.7. The number of aromatic nitrogens is 1. The maximum Gasteiger partial charge on any atom is 0.338 e. The van der Waals surface area contributed by atoms with Gasteiger partial charge in [0.1, 0.15) is 5.82 Å². The zero-order chi connectivity index (χ0) is 20.9. The van der Waals surface area contributed by atoms with E-state index >= 15 is 0 Å². The molecular formula is C22H25N5O3. The van der Waals surface area contributed by atoms with E-state index in [-0.39, 0.29) is 6.03 Å². The van der Waals surface area contributed by atoms with Crippen LogP contribution in [0.3, 0.4) is 0 Å². The van der Waals surface area contributed by atoms with E-state index in [2.05, 4.69) is 25.4 Å². The van der Waals surface area contributed by atoms with Gasteiger partial charge in [-0.05, 0) is 17.7 Å². The Hall–Kier alpha value is -3.39. The van der Waals surface area contributed by atoms with Gasteiger partial charge in [0.15, 0.2) is 0 Å². The number of methoxy groups -OCH3 is 1. The van der Waals surface area contributed by atoms with Crippen molar-refractivity contribution in [2.24, 2.45) is 0 Å². The molecule has 4 rings (SSSR count). The van der Waals surface area contributed by atoms with Gasteiger partial charge in [0.25, 0.3) is 0 Å². The summed E-state index contributed by atoms with van der Waals surface area (Å²) >= 11 is 0. The van der Waals surface area contributed by atoms with Gasteiger partial charge in [-0.2, -0.15) is 0 Å². The second-order valence-corrected chi connectivity index (χ2v) is 7.28. The highest BCUT2D eigenvalue weighted by Gasteiger charge is 2.34. The molecule has 1 atom stereocenters. The summed E-state index contributed by atoms with van der Waals surface area (Å²) in [6, 6.07) is 14.5. The Kier molecular flexibility index (Phi) is 5.94. The van der Waals surface area contributed by atoms with E-state index in [9.17, 15) is 9.59 Å². The normalized spacial score (nSPS) is 19.8. The highest BCUT2D eigenvalue weighted by atomic mass is 16.5. The van der Waals surface area contributed by atoms with E-state index in [0.717, 1.165) is 37.6 Å². The lowest BCUT2D eigenvalue weighted by atomic mass is 9.95. The summed E-state index contributed by atoms with van der Waals surface area (Å²) < 4.78 is 5.05. The molecule has 30 heavy (non-hydrogen) atoms. The molecule has 0 aliphatic carbocycles. The van der Waals surface area contributed by atoms with Crippen LogP contribution in [0.2, 0.25) is 0 Å². The second-order valence-electron chi connectivity index (χ2n) is 7.28. The smallest absolute Gasteiger partial charge is 0.338 e. The van der Waals surface area contributed by atoms with Crippen LogP contribution in [0.15, 0.2) is 66.0 Å². The Morgan fingerprint density at radius 2 is 1.83 bits per heavy atom. The van der Waals surface area contributed by atoms with Crippen LogP contribution in [0.4, 0.5) is 10.6 Å². The number of esters is 1. The topological polar surface area (TPSA) is 86.8 Å². The minimum Gasteiger partial charge on any atom is -0.466 e. The van der Waals surface area contributed by atoms with Crippen LogP contribution in [0.1, 0.15) is 11.6 Å². The fraction of sp³-hybridized carbons (Fsp3) is 0.318. The Morgan fingerprint density at radius 3 is 2.50 bits per heavy atom. The summed E-state index contributed by atoms with van der Waals surface area (Å²) in [5.41, 5.74) is 1.87. The van der Waals surface area contributed by atoms with Gasteiger partial charge in [-0.15, -0.1) is 0 Å². The zero-order valence-electron chi connectivity index (χ0n) is 16.9. The van der Waals surface area contributed by atoms with Crippen LogP contribution >= 0.6 is 0 Å². The van der Waals surface area contributed by atoms with Crippen molar-refractivity contribution in [3.63, 3.8) is 0 Å². The maximum absolute atomic E-state index is 12.6. The minimum absolute atomic E-state index is 0.321. The monoisotopic (exact) mass is 407 g/mol. The molecule has 3 heterocycles. The van der Waals surface area contributed by atoms with Crippen molar-refractivity contribution >= 4 is 17.8 Å². The van der Waals surface area contributed by atoms with Crippen LogP contribution in [-0.4, -0.2) is 61.7 Å². The summed E-state index contributed by atoms with van der Waals surface area (Å²) in [6.07, 6.45) is 1.80. The van der Waals surface area contributed by atoms with Crippen LogP contribution in [-0.2, 0) is 9.53 Å². The first kappa shape index (κ1) is 19.9. The van der Waals surface area contributed by atoms with E-state index in [1.54, 1.807) is 6.20 Å². The van der Waals surface area contributed by atoms with Gasteiger partial charge in [0.2, 0.25) is 0 Å². The molecule has 0 radical (unpaired) electrons. The lowest BCUT2D eigenvalue weighted by Crippen LogP contribution is -2.51. The van der Waals surface area contributed by atoms with E-state index in [1.807, 2.05) is 48.5 Å². The van der Waals surface area contributed by atoms with Crippen LogP contribution < -0.4 is 15.5 Å². The summed E-state index contributed by atoms with van der Waals surface area (Å²) in [6.45, 7) is 3.72. The molecule has 1 aromatic carbocycles. The summed E-state index contributed by atoms with van der Waals surface area (Å²) in [7, 11) is 1.36. The minimum atomic E-state index is -0.544. The molecule has 8 heteroatoms. The molecule has 2 N–H and O–H groups in total. The molecular weight excluding hydrogens is 382 g/mol. The van der Waals surface area contributed by atoms with Gasteiger partial charge < -0.3 is 20.3 Å². The van der Waals surface area contributed by atoms with Crippen LogP contribution in [0, 0.1) is 0 Å². The quantitative estimate of drug-likeness (QED) is 0.734. The van der Waals surface area contributed by atoms with E-state index in [4.69, 9.17) is 4.74 Å². The number of hydrogen-bond donors (Lipinski definition) is 2. The number of amides is 2. The molecule has 0 unspecified atom stereocenters. The van der Waals surface area contributed by atoms with Crippen molar-refractivity contribution in [1.29, 1.82) is 0 Å². The Labute approximate surface area is 175 Å². The highest BCUT2D eigenvalue weighted by molar-refractivity contribution is 5.95. The molecule has 2 aliphatic rings. The fourth-order valence-corrected chi connectivity index (χ4v) is 3.89. The summed E-state index contributed by atoms with van der Waals surface area (Å²) in [5, 5.41) is 5.68. The van der Waals surface area contributed by atoms with Crippen LogP contribution in [0.25, 0.3) is 0 Å². The van der Waals surface area contributed by atoms with E-state index < -0.39 is 12.0 Å². The average molecular weight is 407 g/mol. The first-order valence-electron chi connectivity index (χ1n) is 9.98. The van der Waals surface area contributed by atoms with Crippen molar-refractivity contribution in [3.8, 4) is 0 Å². The lowest BCUT2D eigenvalue weighted by Gasteiger charge is -2.37. The standard InChI is InChI=1S/C22H25N5O3/c1-30-21(28)19-17(24-22(29)25-20(19)16-7-3-2-4-8-16)15-26-11-13-27(14-12-26)18-9-5-6-10-23-18/h2-10,20H,11-15H2,1H3,(H2,24,25,29)/t20-/m0/s1. The molecule has 0 bridgehead atoms. The number of carbonyl (C=O) groups excluding carboxylic acids is 2. The summed E-state index contributed by atoms with van der Waals surface area (Å²) in [4.78, 5) is 33.9. The molecule has 156 valence electrons. The van der Waals surface area contributed by atoms with Gasteiger partial charge in [0.05, 0.1) is 18.7 Å². The van der Waals surface area contributed by atoms with Crippen molar-refractivity contribution in [2.45, 2.75) is 6.04 Å². The molecule has 8 nitrogen and oxygen atoms in total.